The van der Waals surface area contributed by atoms with Crippen molar-refractivity contribution < 1.29 is 21.1 Å². The van der Waals surface area contributed by atoms with Crippen molar-refractivity contribution in [1.29, 1.82) is 5.26 Å². The fourth-order valence-corrected chi connectivity index (χ4v) is 8.44. The van der Waals surface area contributed by atoms with Gasteiger partial charge in [0.1, 0.15) is 11.6 Å². The minimum atomic E-state index is 0. The Hall–Kier alpha value is -7.78. The molecule has 2 aliphatic rings. The normalized spacial score (nSPS) is 12.5. The minimum Gasteiger partial charge on any atom is -0.512 e. The number of rotatable bonds is 8. The van der Waals surface area contributed by atoms with E-state index in [0.29, 0.717) is 0 Å². The molecule has 0 N–H and O–H groups in total. The zero-order chi connectivity index (χ0) is 41.8. The molecule has 0 radical (unpaired) electrons. The molecule has 8 aromatic carbocycles. The van der Waals surface area contributed by atoms with Crippen LogP contribution in [0.1, 0.15) is 0 Å². The summed E-state index contributed by atoms with van der Waals surface area (Å²) < 4.78 is 0. The summed E-state index contributed by atoms with van der Waals surface area (Å²) in [6, 6.07) is 74.1. The smallest absolute Gasteiger partial charge is 0.512 e. The molecule has 7 nitrogen and oxygen atoms in total. The van der Waals surface area contributed by atoms with E-state index >= 15 is 0 Å². The maximum absolute atomic E-state index is 6.25. The Bertz CT molecular complexity index is 2700. The fourth-order valence-electron chi connectivity index (χ4n) is 8.44. The Balaban J connectivity index is 0.00000166. The number of para-hydroxylation sites is 4. The second-order valence-corrected chi connectivity index (χ2v) is 14.7. The van der Waals surface area contributed by atoms with E-state index in [4.69, 9.17) is 21.8 Å². The summed E-state index contributed by atoms with van der Waals surface area (Å²) in [4.78, 5) is 18.7. The molecule has 0 saturated carbocycles. The van der Waals surface area contributed by atoms with E-state index in [-0.39, 0.29) is 21.1 Å². The summed E-state index contributed by atoms with van der Waals surface area (Å²) in [6.45, 7) is 9.05. The van der Waals surface area contributed by atoms with E-state index in [9.17, 15) is 0 Å². The van der Waals surface area contributed by atoms with Crippen LogP contribution in [0.15, 0.2) is 213 Å². The van der Waals surface area contributed by atoms with Crippen molar-refractivity contribution in [1.82, 2.24) is 9.97 Å². The van der Waals surface area contributed by atoms with Gasteiger partial charge in [0.2, 0.25) is 0 Å². The molecule has 0 bridgehead atoms. The topological polar surface area (TPSA) is 62.5 Å². The van der Waals surface area contributed by atoms with Gasteiger partial charge in [-0.2, -0.15) is 6.07 Å². The Kier molecular flexibility index (Phi) is 11.6. The van der Waals surface area contributed by atoms with Gasteiger partial charge in [-0.3, -0.25) is 0 Å². The van der Waals surface area contributed by atoms with E-state index in [0.717, 1.165) is 90.3 Å². The van der Waals surface area contributed by atoms with Crippen molar-refractivity contribution in [2.45, 2.75) is 0 Å². The summed E-state index contributed by atoms with van der Waals surface area (Å²) in [5, 5.41) is 6.25. The van der Waals surface area contributed by atoms with Gasteiger partial charge >= 0.3 is 21.1 Å². The molecule has 8 heteroatoms. The summed E-state index contributed by atoms with van der Waals surface area (Å²) >= 11 is 0. The van der Waals surface area contributed by atoms with Crippen molar-refractivity contribution in [2.24, 2.45) is 0 Å². The third kappa shape index (κ3) is 7.52. The Morgan fingerprint density at radius 1 is 0.365 bits per heavy atom. The van der Waals surface area contributed by atoms with Crippen molar-refractivity contribution in [3.8, 4) is 44.5 Å². The molecule has 0 aliphatic carbocycles. The Morgan fingerprint density at radius 3 is 1.14 bits per heavy atom. The molecule has 9 aromatic rings. The average molecular weight is 991 g/mol. The molecule has 11 rings (SSSR count). The first-order valence-electron chi connectivity index (χ1n) is 20.3. The van der Waals surface area contributed by atoms with Crippen LogP contribution in [0.4, 0.5) is 45.8 Å². The summed E-state index contributed by atoms with van der Waals surface area (Å²) in [5.74, 6) is 1.47. The van der Waals surface area contributed by atoms with E-state index in [1.807, 2.05) is 0 Å². The van der Waals surface area contributed by atoms with Crippen LogP contribution in [-0.2, 0) is 21.1 Å². The minimum absolute atomic E-state index is 0. The molecular formula is C55H37N7Pt. The molecule has 0 spiro atoms. The second-order valence-electron chi connectivity index (χ2n) is 14.7. The molecule has 3 heterocycles. The quantitative estimate of drug-likeness (QED) is 0.141. The van der Waals surface area contributed by atoms with Gasteiger partial charge < -0.3 is 31.4 Å². The molecule has 0 fully saturated rings. The van der Waals surface area contributed by atoms with Crippen LogP contribution >= 0.6 is 0 Å². The van der Waals surface area contributed by atoms with Gasteiger partial charge in [-0.25, -0.2) is 9.97 Å². The van der Waals surface area contributed by atoms with Crippen molar-refractivity contribution in [3.63, 3.8) is 0 Å². The summed E-state index contributed by atoms with van der Waals surface area (Å²) in [7, 11) is 0. The number of benzene rings is 8. The second kappa shape index (κ2) is 18.1. The number of hydrogen-bond acceptors (Lipinski definition) is 7. The zero-order valence-electron chi connectivity index (χ0n) is 33.8. The monoisotopic (exact) mass is 990 g/mol. The number of aromatic nitrogens is 2. The van der Waals surface area contributed by atoms with Crippen LogP contribution in [0.3, 0.4) is 0 Å². The Morgan fingerprint density at radius 2 is 0.698 bits per heavy atom. The van der Waals surface area contributed by atoms with Crippen molar-refractivity contribution in [3.05, 3.63) is 239 Å². The van der Waals surface area contributed by atoms with E-state index in [1.54, 1.807) is 12.4 Å². The third-order valence-corrected chi connectivity index (χ3v) is 11.2. The van der Waals surface area contributed by atoms with Crippen LogP contribution in [-0.4, -0.2) is 9.97 Å². The first kappa shape index (κ1) is 40.6. The van der Waals surface area contributed by atoms with Crippen LogP contribution in [0, 0.1) is 31.2 Å². The number of anilines is 8. The fraction of sp³-hybridized carbons (Fsp3) is 0. The zero-order valence-corrected chi connectivity index (χ0v) is 36.1. The molecule has 0 saturated heterocycles. The maximum atomic E-state index is 6.25. The van der Waals surface area contributed by atoms with Gasteiger partial charge in [0, 0.05) is 57.4 Å². The largest absolute Gasteiger partial charge is 4.00 e. The van der Waals surface area contributed by atoms with E-state index < -0.39 is 0 Å². The predicted octanol–water partition coefficient (Wildman–Crippen LogP) is 13.9. The van der Waals surface area contributed by atoms with Gasteiger partial charge in [0.15, 0.2) is 0 Å². The number of hydrogen-bond donors (Lipinski definition) is 0. The number of nitrogens with zero attached hydrogens (tertiary/aromatic N) is 7. The van der Waals surface area contributed by atoms with E-state index in [2.05, 4.69) is 239 Å². The summed E-state index contributed by atoms with van der Waals surface area (Å²) in [5.41, 5.74) is 15.1. The van der Waals surface area contributed by atoms with Crippen LogP contribution in [0.2, 0.25) is 0 Å². The SMILES string of the molecule is [C-]#N.[Pt+4].[c-]1c(N2[CH-]N(c3c(-c4ccccc4)cccc3-c3ccccc3)c3ccccc32)cccc1N1[CH-]N(c2c(-c3ccccc3)cccc2-c2ccccc2)c2nccnc21. The van der Waals surface area contributed by atoms with Crippen LogP contribution in [0.25, 0.3) is 44.5 Å². The molecule has 63 heavy (non-hydrogen) atoms. The van der Waals surface area contributed by atoms with Crippen molar-refractivity contribution in [2.75, 3.05) is 19.6 Å². The number of fused-ring (bicyclic) bond motifs is 2. The van der Waals surface area contributed by atoms with Gasteiger partial charge in [0.25, 0.3) is 0 Å². The molecule has 302 valence electrons. The molecule has 0 atom stereocenters. The first-order chi connectivity index (χ1) is 30.8. The maximum Gasteiger partial charge on any atom is 4.00 e. The molecule has 0 unspecified atom stereocenters. The van der Waals surface area contributed by atoms with Crippen molar-refractivity contribution >= 4 is 45.8 Å². The molecule has 2 aliphatic heterocycles. The molecular weight excluding hydrogens is 954 g/mol. The van der Waals surface area contributed by atoms with Gasteiger partial charge in [-0.1, -0.05) is 170 Å². The van der Waals surface area contributed by atoms with Crippen LogP contribution in [0.5, 0.6) is 0 Å². The van der Waals surface area contributed by atoms with Crippen LogP contribution < -0.4 is 19.6 Å². The standard InChI is InChI=1S/C54H37N6.CN.Pt/c1-5-18-39(19-6-1)45-28-16-29-46(40-20-7-2-8-21-40)51(45)59-37-57(49-32-13-14-33-50(49)59)43-26-15-27-44(36-43)58-38-60(54-53(58)55-34-35-56-54)52-47(41-22-9-3-10-23-41)30-17-31-48(52)42-24-11-4-12-25-42;1-2;/h1-35,37-38H;;/q-3;-1;+4. The molecule has 0 amide bonds. The van der Waals surface area contributed by atoms with Gasteiger partial charge in [-0.15, -0.1) is 42.9 Å². The predicted molar refractivity (Wildman–Crippen MR) is 251 cm³/mol. The summed E-state index contributed by atoms with van der Waals surface area (Å²) in [6.07, 6.45) is 3.52. The average Bonchev–Trinajstić information content (AvgIpc) is 3.95. The van der Waals surface area contributed by atoms with Gasteiger partial charge in [-0.05, 0) is 34.4 Å². The van der Waals surface area contributed by atoms with Gasteiger partial charge in [0.05, 0.1) is 0 Å². The van der Waals surface area contributed by atoms with E-state index in [1.165, 1.54) is 0 Å². The molecule has 1 aromatic heterocycles. The first-order valence-corrected chi connectivity index (χ1v) is 20.3. The third-order valence-electron chi connectivity index (χ3n) is 11.2. The Labute approximate surface area is 382 Å².